The first-order valence-corrected chi connectivity index (χ1v) is 6.70. The number of carbonyl (C=O) groups is 1. The molecule has 1 fully saturated rings. The highest BCUT2D eigenvalue weighted by molar-refractivity contribution is 5.82. The number of amides is 1. The molecule has 1 heterocycles. The van der Waals surface area contributed by atoms with Crippen LogP contribution in [0.25, 0.3) is 0 Å². The Morgan fingerprint density at radius 3 is 2.58 bits per heavy atom. The second kappa shape index (κ2) is 5.21. The highest BCUT2D eigenvalue weighted by Crippen LogP contribution is 2.29. The van der Waals surface area contributed by atoms with Crippen LogP contribution in [0, 0.1) is 5.41 Å². The number of rotatable bonds is 3. The molecule has 0 saturated carbocycles. The molecule has 0 unspecified atom stereocenters. The zero-order valence-electron chi connectivity index (χ0n) is 11.6. The van der Waals surface area contributed by atoms with Gasteiger partial charge < -0.3 is 15.7 Å². The third kappa shape index (κ3) is 3.47. The van der Waals surface area contributed by atoms with Crippen molar-refractivity contribution in [3.63, 3.8) is 0 Å². The monoisotopic (exact) mass is 262 g/mol. The molecule has 1 aromatic rings. The van der Waals surface area contributed by atoms with Gasteiger partial charge in [0.25, 0.3) is 0 Å². The quantitative estimate of drug-likeness (QED) is 0.868. The van der Waals surface area contributed by atoms with Crippen LogP contribution in [0.2, 0.25) is 0 Å². The molecule has 1 amide bonds. The molecule has 104 valence electrons. The number of hydrogen-bond donors (Lipinski definition) is 2. The van der Waals surface area contributed by atoms with Gasteiger partial charge in [0.05, 0.1) is 6.04 Å². The van der Waals surface area contributed by atoms with Crippen molar-refractivity contribution in [1.82, 2.24) is 4.90 Å². The Morgan fingerprint density at radius 2 is 2.05 bits per heavy atom. The molecule has 0 radical (unpaired) electrons. The van der Waals surface area contributed by atoms with Crippen molar-refractivity contribution in [3.05, 3.63) is 29.8 Å². The predicted molar refractivity (Wildman–Crippen MR) is 74.8 cm³/mol. The maximum atomic E-state index is 12.3. The van der Waals surface area contributed by atoms with Crippen LogP contribution in [-0.4, -0.2) is 35.0 Å². The van der Waals surface area contributed by atoms with Crippen molar-refractivity contribution in [3.8, 4) is 5.75 Å². The Hall–Kier alpha value is -1.55. The van der Waals surface area contributed by atoms with Gasteiger partial charge >= 0.3 is 0 Å². The first-order valence-electron chi connectivity index (χ1n) is 6.70. The summed E-state index contributed by atoms with van der Waals surface area (Å²) in [6.45, 7) is 5.93. The van der Waals surface area contributed by atoms with E-state index in [1.54, 1.807) is 24.3 Å². The van der Waals surface area contributed by atoms with E-state index in [4.69, 9.17) is 5.73 Å². The average Bonchev–Trinajstić information content (AvgIpc) is 2.71. The van der Waals surface area contributed by atoms with Gasteiger partial charge in [-0.2, -0.15) is 0 Å². The van der Waals surface area contributed by atoms with E-state index < -0.39 is 6.04 Å². The summed E-state index contributed by atoms with van der Waals surface area (Å²) in [4.78, 5) is 14.1. The van der Waals surface area contributed by atoms with Gasteiger partial charge in [-0.3, -0.25) is 4.79 Å². The van der Waals surface area contributed by atoms with Gasteiger partial charge in [-0.1, -0.05) is 26.0 Å². The summed E-state index contributed by atoms with van der Waals surface area (Å²) in [6.07, 6.45) is 1.54. The second-order valence-electron chi connectivity index (χ2n) is 6.15. The van der Waals surface area contributed by atoms with Gasteiger partial charge in [-0.05, 0) is 36.0 Å². The molecule has 0 aliphatic carbocycles. The molecular weight excluding hydrogens is 240 g/mol. The minimum atomic E-state index is -0.501. The number of aromatic hydroxyl groups is 1. The number of nitrogens with two attached hydrogens (primary N) is 1. The Bertz CT molecular complexity index is 454. The van der Waals surface area contributed by atoms with E-state index in [1.165, 1.54) is 0 Å². The van der Waals surface area contributed by atoms with Gasteiger partial charge in [0.15, 0.2) is 0 Å². The smallest absolute Gasteiger partial charge is 0.239 e. The lowest BCUT2D eigenvalue weighted by molar-refractivity contribution is -0.131. The highest BCUT2D eigenvalue weighted by Gasteiger charge is 2.33. The van der Waals surface area contributed by atoms with E-state index in [-0.39, 0.29) is 17.1 Å². The Morgan fingerprint density at radius 1 is 1.42 bits per heavy atom. The van der Waals surface area contributed by atoms with Crippen LogP contribution in [0.15, 0.2) is 24.3 Å². The van der Waals surface area contributed by atoms with Crippen LogP contribution in [0.1, 0.15) is 25.8 Å². The molecule has 0 spiro atoms. The SMILES string of the molecule is CC1(C)CCN(C(=O)[C@@H](N)Cc2ccc(O)cc2)C1. The number of phenols is 1. The van der Waals surface area contributed by atoms with Crippen molar-refractivity contribution >= 4 is 5.91 Å². The van der Waals surface area contributed by atoms with Gasteiger partial charge in [0.2, 0.25) is 5.91 Å². The van der Waals surface area contributed by atoms with Crippen molar-refractivity contribution in [2.45, 2.75) is 32.7 Å². The number of phenolic OH excluding ortho intramolecular Hbond substituents is 1. The molecular formula is C15H22N2O2. The summed E-state index contributed by atoms with van der Waals surface area (Å²) in [6, 6.07) is 6.34. The standard InChI is InChI=1S/C15H22N2O2/c1-15(2)7-8-17(10-15)14(19)13(16)9-11-3-5-12(18)6-4-11/h3-6,13,18H,7-10,16H2,1-2H3/t13-/m0/s1. The molecule has 1 aliphatic heterocycles. The summed E-state index contributed by atoms with van der Waals surface area (Å²) in [7, 11) is 0. The number of likely N-dealkylation sites (tertiary alicyclic amines) is 1. The molecule has 2 rings (SSSR count). The van der Waals surface area contributed by atoms with Crippen LogP contribution in [0.5, 0.6) is 5.75 Å². The minimum absolute atomic E-state index is 0.0265. The molecule has 1 saturated heterocycles. The molecule has 1 aliphatic rings. The lowest BCUT2D eigenvalue weighted by atomic mass is 9.93. The fraction of sp³-hybridized carbons (Fsp3) is 0.533. The first-order chi connectivity index (χ1) is 8.87. The van der Waals surface area contributed by atoms with E-state index in [0.717, 1.165) is 25.1 Å². The van der Waals surface area contributed by atoms with E-state index in [0.29, 0.717) is 6.42 Å². The molecule has 4 nitrogen and oxygen atoms in total. The van der Waals surface area contributed by atoms with Crippen molar-refractivity contribution in [2.24, 2.45) is 11.1 Å². The molecule has 3 N–H and O–H groups in total. The van der Waals surface area contributed by atoms with Crippen LogP contribution in [-0.2, 0) is 11.2 Å². The topological polar surface area (TPSA) is 66.6 Å². The zero-order valence-corrected chi connectivity index (χ0v) is 11.6. The average molecular weight is 262 g/mol. The van der Waals surface area contributed by atoms with E-state index >= 15 is 0 Å². The zero-order chi connectivity index (χ0) is 14.0. The van der Waals surface area contributed by atoms with E-state index in [9.17, 15) is 9.90 Å². The summed E-state index contributed by atoms with van der Waals surface area (Å²) in [5, 5.41) is 9.22. The van der Waals surface area contributed by atoms with Crippen molar-refractivity contribution < 1.29 is 9.90 Å². The number of carbonyl (C=O) groups excluding carboxylic acids is 1. The largest absolute Gasteiger partial charge is 0.508 e. The Labute approximate surface area is 114 Å². The molecule has 1 aromatic carbocycles. The first kappa shape index (κ1) is 13.9. The number of benzene rings is 1. The van der Waals surface area contributed by atoms with Crippen LogP contribution < -0.4 is 5.73 Å². The minimum Gasteiger partial charge on any atom is -0.508 e. The summed E-state index contributed by atoms with van der Waals surface area (Å²) < 4.78 is 0. The van der Waals surface area contributed by atoms with Gasteiger partial charge in [0, 0.05) is 13.1 Å². The maximum Gasteiger partial charge on any atom is 0.239 e. The highest BCUT2D eigenvalue weighted by atomic mass is 16.3. The lowest BCUT2D eigenvalue weighted by Gasteiger charge is -2.23. The Kier molecular flexibility index (Phi) is 3.80. The van der Waals surface area contributed by atoms with Crippen LogP contribution >= 0.6 is 0 Å². The second-order valence-corrected chi connectivity index (χ2v) is 6.15. The molecule has 1 atom stereocenters. The van der Waals surface area contributed by atoms with E-state index in [1.807, 2.05) is 4.90 Å². The molecule has 0 bridgehead atoms. The predicted octanol–water partition coefficient (Wildman–Crippen LogP) is 1.52. The third-order valence-electron chi connectivity index (χ3n) is 3.70. The normalized spacial score (nSPS) is 19.4. The molecule has 4 heteroatoms. The number of nitrogens with zero attached hydrogens (tertiary/aromatic N) is 1. The van der Waals surface area contributed by atoms with E-state index in [2.05, 4.69) is 13.8 Å². The lowest BCUT2D eigenvalue weighted by Crippen LogP contribution is -2.44. The van der Waals surface area contributed by atoms with Crippen molar-refractivity contribution in [1.29, 1.82) is 0 Å². The summed E-state index contributed by atoms with van der Waals surface area (Å²) in [5.41, 5.74) is 7.17. The van der Waals surface area contributed by atoms with Crippen LogP contribution in [0.4, 0.5) is 0 Å². The summed E-state index contributed by atoms with van der Waals surface area (Å²) >= 11 is 0. The number of hydrogen-bond acceptors (Lipinski definition) is 3. The fourth-order valence-electron chi connectivity index (χ4n) is 2.51. The summed E-state index contributed by atoms with van der Waals surface area (Å²) in [5.74, 6) is 0.253. The van der Waals surface area contributed by atoms with Gasteiger partial charge in [-0.25, -0.2) is 0 Å². The molecule has 19 heavy (non-hydrogen) atoms. The maximum absolute atomic E-state index is 12.3. The van der Waals surface area contributed by atoms with Crippen molar-refractivity contribution in [2.75, 3.05) is 13.1 Å². The Balaban J connectivity index is 1.94. The van der Waals surface area contributed by atoms with Gasteiger partial charge in [-0.15, -0.1) is 0 Å². The van der Waals surface area contributed by atoms with Crippen LogP contribution in [0.3, 0.4) is 0 Å². The molecule has 0 aromatic heterocycles. The van der Waals surface area contributed by atoms with Gasteiger partial charge in [0.1, 0.15) is 5.75 Å². The third-order valence-corrected chi connectivity index (χ3v) is 3.70. The fourth-order valence-corrected chi connectivity index (χ4v) is 2.51.